The number of benzene rings is 1. The molecular formula is C17H21F3N4S. The summed E-state index contributed by atoms with van der Waals surface area (Å²) in [5.41, 5.74) is 0.701. The fourth-order valence-electron chi connectivity index (χ4n) is 2.21. The van der Waals surface area contributed by atoms with Crippen LogP contribution in [0.5, 0.6) is 0 Å². The van der Waals surface area contributed by atoms with Crippen molar-refractivity contribution in [3.8, 4) is 0 Å². The first kappa shape index (κ1) is 19.2. The number of halogens is 3. The number of alkyl halides is 3. The lowest BCUT2D eigenvalue weighted by Crippen LogP contribution is -2.31. The highest BCUT2D eigenvalue weighted by Gasteiger charge is 2.30. The molecule has 2 N–H and O–H groups in total. The molecule has 0 radical (unpaired) electrons. The van der Waals surface area contributed by atoms with Gasteiger partial charge in [-0.3, -0.25) is 4.68 Å². The van der Waals surface area contributed by atoms with Crippen LogP contribution in [0.1, 0.15) is 30.7 Å². The number of hydrogen-bond acceptors (Lipinski definition) is 2. The third-order valence-electron chi connectivity index (χ3n) is 3.48. The molecule has 0 unspecified atom stereocenters. The lowest BCUT2D eigenvalue weighted by molar-refractivity contribution is -0.137. The standard InChI is InChI=1S/C17H21F3N4S/c1-11(2)9-21-16(25)22-15-7-12(3)24(23-15)10-13-5-4-6-14(8-13)17(18,19)20/h4-8,11H,9-10H2,1-3H3,(H2,21,22,23,25). The number of thiocarbonyl (C=S) groups is 1. The molecule has 1 aromatic carbocycles. The zero-order valence-electron chi connectivity index (χ0n) is 14.3. The van der Waals surface area contributed by atoms with Gasteiger partial charge in [0.2, 0.25) is 0 Å². The number of aryl methyl sites for hydroxylation is 1. The molecule has 0 saturated heterocycles. The molecule has 25 heavy (non-hydrogen) atoms. The second-order valence-corrected chi connectivity index (χ2v) is 6.66. The molecule has 0 aliphatic heterocycles. The van der Waals surface area contributed by atoms with Crippen LogP contribution in [0, 0.1) is 12.8 Å². The molecule has 4 nitrogen and oxygen atoms in total. The van der Waals surface area contributed by atoms with Crippen LogP contribution in [-0.4, -0.2) is 21.4 Å². The summed E-state index contributed by atoms with van der Waals surface area (Å²) in [4.78, 5) is 0. The fourth-order valence-corrected chi connectivity index (χ4v) is 2.40. The molecule has 0 spiro atoms. The van der Waals surface area contributed by atoms with Crippen molar-refractivity contribution >= 4 is 23.1 Å². The highest BCUT2D eigenvalue weighted by Crippen LogP contribution is 2.29. The maximum atomic E-state index is 12.8. The smallest absolute Gasteiger partial charge is 0.362 e. The Morgan fingerprint density at radius 2 is 2.00 bits per heavy atom. The summed E-state index contributed by atoms with van der Waals surface area (Å²) in [5, 5.41) is 10.9. The third-order valence-corrected chi connectivity index (χ3v) is 3.73. The van der Waals surface area contributed by atoms with Gasteiger partial charge in [0.1, 0.15) is 0 Å². The van der Waals surface area contributed by atoms with E-state index in [0.29, 0.717) is 22.4 Å². The molecular weight excluding hydrogens is 349 g/mol. The van der Waals surface area contributed by atoms with Crippen molar-refractivity contribution in [3.05, 3.63) is 47.2 Å². The predicted molar refractivity (Wildman–Crippen MR) is 96.6 cm³/mol. The molecule has 1 aromatic heterocycles. The lowest BCUT2D eigenvalue weighted by Gasteiger charge is -2.10. The van der Waals surface area contributed by atoms with Gasteiger partial charge in [-0.05, 0) is 42.8 Å². The molecule has 1 heterocycles. The fraction of sp³-hybridized carbons (Fsp3) is 0.412. The van der Waals surface area contributed by atoms with E-state index in [4.69, 9.17) is 12.2 Å². The van der Waals surface area contributed by atoms with Gasteiger partial charge in [-0.25, -0.2) is 0 Å². The number of aromatic nitrogens is 2. The van der Waals surface area contributed by atoms with Gasteiger partial charge in [0.15, 0.2) is 10.9 Å². The molecule has 8 heteroatoms. The van der Waals surface area contributed by atoms with Crippen LogP contribution in [0.3, 0.4) is 0 Å². The molecule has 0 aliphatic carbocycles. The van der Waals surface area contributed by atoms with Gasteiger partial charge in [0, 0.05) is 18.3 Å². The second-order valence-electron chi connectivity index (χ2n) is 6.26. The van der Waals surface area contributed by atoms with Crippen LogP contribution >= 0.6 is 12.2 Å². The number of rotatable bonds is 5. The van der Waals surface area contributed by atoms with Crippen LogP contribution in [0.2, 0.25) is 0 Å². The van der Waals surface area contributed by atoms with E-state index in [2.05, 4.69) is 29.6 Å². The Hall–Kier alpha value is -2.09. The van der Waals surface area contributed by atoms with E-state index in [0.717, 1.165) is 24.4 Å². The van der Waals surface area contributed by atoms with Crippen molar-refractivity contribution in [2.45, 2.75) is 33.5 Å². The first-order valence-electron chi connectivity index (χ1n) is 7.90. The Morgan fingerprint density at radius 1 is 1.28 bits per heavy atom. The average Bonchev–Trinajstić information content (AvgIpc) is 2.84. The van der Waals surface area contributed by atoms with Crippen molar-refractivity contribution in [3.63, 3.8) is 0 Å². The van der Waals surface area contributed by atoms with E-state index >= 15 is 0 Å². The van der Waals surface area contributed by atoms with E-state index in [1.54, 1.807) is 16.8 Å². The Morgan fingerprint density at radius 3 is 2.64 bits per heavy atom. The quantitative estimate of drug-likeness (QED) is 0.774. The Kier molecular flexibility index (Phi) is 6.05. The summed E-state index contributed by atoms with van der Waals surface area (Å²) >= 11 is 5.20. The van der Waals surface area contributed by atoms with E-state index in [-0.39, 0.29) is 6.54 Å². The van der Waals surface area contributed by atoms with Crippen LogP contribution in [0.4, 0.5) is 19.0 Å². The van der Waals surface area contributed by atoms with Crippen molar-refractivity contribution < 1.29 is 13.2 Å². The molecule has 2 aromatic rings. The maximum absolute atomic E-state index is 12.8. The SMILES string of the molecule is Cc1cc(NC(=S)NCC(C)C)nn1Cc1cccc(C(F)(F)F)c1. The molecule has 0 saturated carbocycles. The minimum absolute atomic E-state index is 0.254. The van der Waals surface area contributed by atoms with Gasteiger partial charge < -0.3 is 10.6 Å². The van der Waals surface area contributed by atoms with Gasteiger partial charge in [-0.1, -0.05) is 26.0 Å². The molecule has 0 amide bonds. The minimum atomic E-state index is -4.35. The van der Waals surface area contributed by atoms with Gasteiger partial charge in [0.05, 0.1) is 12.1 Å². The van der Waals surface area contributed by atoms with Crippen molar-refractivity contribution in [1.29, 1.82) is 0 Å². The first-order valence-corrected chi connectivity index (χ1v) is 8.31. The number of anilines is 1. The highest BCUT2D eigenvalue weighted by atomic mass is 32.1. The number of nitrogens with one attached hydrogen (secondary N) is 2. The van der Waals surface area contributed by atoms with Gasteiger partial charge in [0.25, 0.3) is 0 Å². The van der Waals surface area contributed by atoms with Crippen molar-refractivity contribution in [1.82, 2.24) is 15.1 Å². The maximum Gasteiger partial charge on any atom is 0.416 e. The van der Waals surface area contributed by atoms with Gasteiger partial charge >= 0.3 is 6.18 Å². The van der Waals surface area contributed by atoms with E-state index in [1.807, 2.05) is 6.92 Å². The number of nitrogens with zero attached hydrogens (tertiary/aromatic N) is 2. The molecule has 0 bridgehead atoms. The Balaban J connectivity index is 2.07. The van der Waals surface area contributed by atoms with Gasteiger partial charge in [-0.15, -0.1) is 0 Å². The van der Waals surface area contributed by atoms with Crippen LogP contribution in [-0.2, 0) is 12.7 Å². The summed E-state index contributed by atoms with van der Waals surface area (Å²) in [6, 6.07) is 7.06. The molecule has 2 rings (SSSR count). The normalized spacial score (nSPS) is 11.6. The van der Waals surface area contributed by atoms with Crippen LogP contribution in [0.25, 0.3) is 0 Å². The zero-order chi connectivity index (χ0) is 18.6. The number of hydrogen-bond donors (Lipinski definition) is 2. The topological polar surface area (TPSA) is 41.9 Å². The van der Waals surface area contributed by atoms with E-state index in [9.17, 15) is 13.2 Å². The molecule has 0 atom stereocenters. The predicted octanol–water partition coefficient (Wildman–Crippen LogP) is 4.20. The van der Waals surface area contributed by atoms with E-state index in [1.165, 1.54) is 6.07 Å². The van der Waals surface area contributed by atoms with Crippen molar-refractivity contribution in [2.75, 3.05) is 11.9 Å². The van der Waals surface area contributed by atoms with Crippen LogP contribution < -0.4 is 10.6 Å². The molecule has 0 aliphatic rings. The van der Waals surface area contributed by atoms with E-state index < -0.39 is 11.7 Å². The monoisotopic (exact) mass is 370 g/mol. The summed E-state index contributed by atoms with van der Waals surface area (Å²) in [5.74, 6) is 1.02. The Labute approximate surface area is 150 Å². The second kappa shape index (κ2) is 7.86. The summed E-state index contributed by atoms with van der Waals surface area (Å²) < 4.78 is 40.1. The molecule has 136 valence electrons. The largest absolute Gasteiger partial charge is 0.416 e. The average molecular weight is 370 g/mol. The van der Waals surface area contributed by atoms with Crippen LogP contribution in [0.15, 0.2) is 30.3 Å². The Bertz CT molecular complexity index is 738. The van der Waals surface area contributed by atoms with Crippen molar-refractivity contribution in [2.24, 2.45) is 5.92 Å². The van der Waals surface area contributed by atoms with Gasteiger partial charge in [-0.2, -0.15) is 18.3 Å². The summed E-state index contributed by atoms with van der Waals surface area (Å²) in [7, 11) is 0. The summed E-state index contributed by atoms with van der Waals surface area (Å²) in [6.07, 6.45) is -4.35. The minimum Gasteiger partial charge on any atom is -0.362 e. The lowest BCUT2D eigenvalue weighted by atomic mass is 10.1. The highest BCUT2D eigenvalue weighted by molar-refractivity contribution is 7.80. The first-order chi connectivity index (χ1) is 11.6. The summed E-state index contributed by atoms with van der Waals surface area (Å²) in [6.45, 7) is 6.99. The zero-order valence-corrected chi connectivity index (χ0v) is 15.1. The molecule has 0 fully saturated rings. The third kappa shape index (κ3) is 5.74.